The summed E-state index contributed by atoms with van der Waals surface area (Å²) in [5.41, 5.74) is 5.68. The van der Waals surface area contributed by atoms with E-state index in [4.69, 9.17) is 5.73 Å². The van der Waals surface area contributed by atoms with E-state index in [1.54, 1.807) is 0 Å². The lowest BCUT2D eigenvalue weighted by Gasteiger charge is -2.35. The van der Waals surface area contributed by atoms with Gasteiger partial charge in [0.25, 0.3) is 0 Å². The van der Waals surface area contributed by atoms with Crippen LogP contribution >= 0.6 is 0 Å². The largest absolute Gasteiger partial charge is 0.384 e. The molecule has 1 saturated heterocycles. The Hall–Kier alpha value is -1.85. The van der Waals surface area contributed by atoms with Gasteiger partial charge in [-0.05, 0) is 24.3 Å². The number of aromatic nitrogens is 1. The molecule has 0 spiro atoms. The SMILES string of the molecule is CC1CC(C)CN(c2nc(N)ccc2[N+](=O)[O-])C1. The van der Waals surface area contributed by atoms with Crippen molar-refractivity contribution in [3.8, 4) is 0 Å². The van der Waals surface area contributed by atoms with Gasteiger partial charge in [0.15, 0.2) is 0 Å². The van der Waals surface area contributed by atoms with E-state index < -0.39 is 4.92 Å². The van der Waals surface area contributed by atoms with Crippen LogP contribution in [-0.2, 0) is 0 Å². The maximum absolute atomic E-state index is 11.0. The molecule has 0 aliphatic carbocycles. The molecule has 0 aromatic carbocycles. The molecular formula is C12H18N4O2. The number of hydrogen-bond donors (Lipinski definition) is 1. The van der Waals surface area contributed by atoms with Gasteiger partial charge < -0.3 is 10.6 Å². The number of nitrogen functional groups attached to an aromatic ring is 1. The normalized spacial score (nSPS) is 24.0. The number of anilines is 2. The molecule has 0 saturated carbocycles. The highest BCUT2D eigenvalue weighted by atomic mass is 16.6. The van der Waals surface area contributed by atoms with Crippen LogP contribution < -0.4 is 10.6 Å². The number of nitro groups is 1. The van der Waals surface area contributed by atoms with Gasteiger partial charge in [0.1, 0.15) is 5.82 Å². The van der Waals surface area contributed by atoms with Crippen molar-refractivity contribution < 1.29 is 4.92 Å². The van der Waals surface area contributed by atoms with Gasteiger partial charge in [0, 0.05) is 19.2 Å². The van der Waals surface area contributed by atoms with E-state index in [9.17, 15) is 10.1 Å². The molecule has 1 aromatic heterocycles. The third-order valence-corrected chi connectivity index (χ3v) is 3.24. The van der Waals surface area contributed by atoms with Crippen molar-refractivity contribution in [1.29, 1.82) is 0 Å². The Morgan fingerprint density at radius 1 is 1.39 bits per heavy atom. The van der Waals surface area contributed by atoms with E-state index in [-0.39, 0.29) is 5.69 Å². The Balaban J connectivity index is 2.36. The summed E-state index contributed by atoms with van der Waals surface area (Å²) in [6.45, 7) is 5.89. The molecule has 1 aliphatic heterocycles. The lowest BCUT2D eigenvalue weighted by Crippen LogP contribution is -2.39. The molecule has 18 heavy (non-hydrogen) atoms. The van der Waals surface area contributed by atoms with E-state index in [0.717, 1.165) is 19.5 Å². The van der Waals surface area contributed by atoms with Crippen LogP contribution in [0.5, 0.6) is 0 Å². The molecule has 98 valence electrons. The fourth-order valence-corrected chi connectivity index (χ4v) is 2.67. The van der Waals surface area contributed by atoms with Crippen molar-refractivity contribution in [2.45, 2.75) is 20.3 Å². The minimum absolute atomic E-state index is 0.0329. The number of rotatable bonds is 2. The first-order valence-corrected chi connectivity index (χ1v) is 6.13. The van der Waals surface area contributed by atoms with Crippen LogP contribution in [0.15, 0.2) is 12.1 Å². The standard InChI is InChI=1S/C12H18N4O2/c1-8-5-9(2)7-15(6-8)12-10(16(17)18)3-4-11(13)14-12/h3-4,8-9H,5-7H2,1-2H3,(H2,13,14). The summed E-state index contributed by atoms with van der Waals surface area (Å²) in [6, 6.07) is 2.90. The van der Waals surface area contributed by atoms with Crippen LogP contribution in [-0.4, -0.2) is 23.0 Å². The molecule has 2 atom stereocenters. The molecule has 2 unspecified atom stereocenters. The van der Waals surface area contributed by atoms with Crippen molar-refractivity contribution >= 4 is 17.3 Å². The first-order chi connectivity index (χ1) is 8.47. The second kappa shape index (κ2) is 4.80. The van der Waals surface area contributed by atoms with E-state index in [2.05, 4.69) is 18.8 Å². The predicted octanol–water partition coefficient (Wildman–Crippen LogP) is 2.05. The van der Waals surface area contributed by atoms with E-state index in [1.807, 2.05) is 4.90 Å². The quantitative estimate of drug-likeness (QED) is 0.641. The molecule has 0 radical (unpaired) electrons. The minimum Gasteiger partial charge on any atom is -0.384 e. The Bertz CT molecular complexity index is 453. The summed E-state index contributed by atoms with van der Waals surface area (Å²) < 4.78 is 0. The van der Waals surface area contributed by atoms with Crippen LogP contribution in [0.1, 0.15) is 20.3 Å². The molecule has 0 amide bonds. The van der Waals surface area contributed by atoms with Crippen molar-refractivity contribution in [3.05, 3.63) is 22.2 Å². The number of nitrogens with two attached hydrogens (primary N) is 1. The number of pyridine rings is 1. The molecular weight excluding hydrogens is 232 g/mol. The highest BCUT2D eigenvalue weighted by molar-refractivity contribution is 5.61. The van der Waals surface area contributed by atoms with Gasteiger partial charge >= 0.3 is 5.69 Å². The van der Waals surface area contributed by atoms with E-state index >= 15 is 0 Å². The molecule has 6 heteroatoms. The molecule has 1 aromatic rings. The summed E-state index contributed by atoms with van der Waals surface area (Å²) in [6.07, 6.45) is 1.15. The summed E-state index contributed by atoms with van der Waals surface area (Å²) in [7, 11) is 0. The fourth-order valence-electron chi connectivity index (χ4n) is 2.67. The third kappa shape index (κ3) is 2.52. The maximum Gasteiger partial charge on any atom is 0.311 e. The molecule has 1 fully saturated rings. The van der Waals surface area contributed by atoms with Gasteiger partial charge in [-0.1, -0.05) is 13.8 Å². The topological polar surface area (TPSA) is 85.3 Å². The second-order valence-corrected chi connectivity index (χ2v) is 5.19. The van der Waals surface area contributed by atoms with Gasteiger partial charge in [-0.3, -0.25) is 10.1 Å². The smallest absolute Gasteiger partial charge is 0.311 e. The average molecular weight is 250 g/mol. The van der Waals surface area contributed by atoms with Crippen LogP contribution in [0, 0.1) is 22.0 Å². The van der Waals surface area contributed by atoms with Crippen LogP contribution in [0.25, 0.3) is 0 Å². The van der Waals surface area contributed by atoms with Crippen molar-refractivity contribution in [1.82, 2.24) is 4.98 Å². The Labute approximate surface area is 106 Å². The molecule has 6 nitrogen and oxygen atoms in total. The molecule has 1 aliphatic rings. The van der Waals surface area contributed by atoms with E-state index in [0.29, 0.717) is 23.5 Å². The molecule has 2 heterocycles. The predicted molar refractivity (Wildman–Crippen MR) is 70.5 cm³/mol. The zero-order valence-corrected chi connectivity index (χ0v) is 10.7. The van der Waals surface area contributed by atoms with Crippen molar-refractivity contribution in [2.75, 3.05) is 23.7 Å². The first-order valence-electron chi connectivity index (χ1n) is 6.13. The average Bonchev–Trinajstić information content (AvgIpc) is 2.27. The molecule has 2 N–H and O–H groups in total. The van der Waals surface area contributed by atoms with Gasteiger partial charge in [-0.2, -0.15) is 0 Å². The van der Waals surface area contributed by atoms with Crippen molar-refractivity contribution in [2.24, 2.45) is 11.8 Å². The van der Waals surface area contributed by atoms with Crippen LogP contribution in [0.4, 0.5) is 17.3 Å². The maximum atomic E-state index is 11.0. The summed E-state index contributed by atoms with van der Waals surface area (Å²) >= 11 is 0. The zero-order chi connectivity index (χ0) is 13.3. The van der Waals surface area contributed by atoms with Crippen LogP contribution in [0.3, 0.4) is 0 Å². The number of nitrogens with zero attached hydrogens (tertiary/aromatic N) is 3. The van der Waals surface area contributed by atoms with Gasteiger partial charge in [-0.15, -0.1) is 0 Å². The molecule has 2 rings (SSSR count). The third-order valence-electron chi connectivity index (χ3n) is 3.24. The summed E-state index contributed by atoms with van der Waals surface area (Å²) in [5, 5.41) is 11.0. The van der Waals surface area contributed by atoms with Gasteiger partial charge in [0.05, 0.1) is 4.92 Å². The minimum atomic E-state index is -0.397. The molecule has 0 bridgehead atoms. The van der Waals surface area contributed by atoms with E-state index in [1.165, 1.54) is 12.1 Å². The Morgan fingerprint density at radius 3 is 2.56 bits per heavy atom. The van der Waals surface area contributed by atoms with Gasteiger partial charge in [-0.25, -0.2) is 4.98 Å². The van der Waals surface area contributed by atoms with Gasteiger partial charge in [0.2, 0.25) is 5.82 Å². The van der Waals surface area contributed by atoms with Crippen molar-refractivity contribution in [3.63, 3.8) is 0 Å². The second-order valence-electron chi connectivity index (χ2n) is 5.19. The number of piperidine rings is 1. The zero-order valence-electron chi connectivity index (χ0n) is 10.7. The van der Waals surface area contributed by atoms with Crippen LogP contribution in [0.2, 0.25) is 0 Å². The lowest BCUT2D eigenvalue weighted by molar-refractivity contribution is -0.384. The monoisotopic (exact) mass is 250 g/mol. The Morgan fingerprint density at radius 2 is 2.00 bits per heavy atom. The highest BCUT2D eigenvalue weighted by Gasteiger charge is 2.28. The summed E-state index contributed by atoms with van der Waals surface area (Å²) in [5.74, 6) is 1.74. The lowest BCUT2D eigenvalue weighted by atomic mass is 9.92. The summed E-state index contributed by atoms with van der Waals surface area (Å²) in [4.78, 5) is 16.8. The highest BCUT2D eigenvalue weighted by Crippen LogP contribution is 2.31. The first kappa shape index (κ1) is 12.6. The Kier molecular flexibility index (Phi) is 3.36. The fraction of sp³-hybridized carbons (Fsp3) is 0.583. The number of hydrogen-bond acceptors (Lipinski definition) is 5.